The van der Waals surface area contributed by atoms with Gasteiger partial charge in [-0.3, -0.25) is 4.79 Å². The van der Waals surface area contributed by atoms with Crippen LogP contribution >= 0.6 is 31.9 Å². The molecule has 0 N–H and O–H groups in total. The fourth-order valence-electron chi connectivity index (χ4n) is 3.70. The third kappa shape index (κ3) is 4.81. The van der Waals surface area contributed by atoms with Gasteiger partial charge in [0.05, 0.1) is 14.6 Å². The number of amides is 1. The largest absolute Gasteiger partial charge is 0.487 e. The minimum absolute atomic E-state index is 0.0174. The Balaban J connectivity index is 1.62. The number of fused-ring (bicyclic) bond motifs is 1. The van der Waals surface area contributed by atoms with Gasteiger partial charge >= 0.3 is 0 Å². The van der Waals surface area contributed by atoms with Gasteiger partial charge in [-0.1, -0.05) is 44.2 Å². The summed E-state index contributed by atoms with van der Waals surface area (Å²) in [5.41, 5.74) is 4.33. The Kier molecular flexibility index (Phi) is 6.82. The minimum Gasteiger partial charge on any atom is -0.487 e. The molecule has 0 bridgehead atoms. The molecule has 0 spiro atoms. The first-order valence-electron chi connectivity index (χ1n) is 10.3. The zero-order valence-electron chi connectivity index (χ0n) is 17.7. The first-order valence-corrected chi connectivity index (χ1v) is 11.9. The second-order valence-corrected chi connectivity index (χ2v) is 9.82. The molecule has 0 aliphatic carbocycles. The summed E-state index contributed by atoms with van der Waals surface area (Å²) in [7, 11) is 0. The van der Waals surface area contributed by atoms with Crippen LogP contribution in [0.4, 0.5) is 10.1 Å². The van der Waals surface area contributed by atoms with Crippen LogP contribution in [0.2, 0.25) is 0 Å². The van der Waals surface area contributed by atoms with Crippen LogP contribution in [0.25, 0.3) is 11.6 Å². The topological polar surface area (TPSA) is 29.5 Å². The average Bonchev–Trinajstić information content (AvgIpc) is 3.00. The van der Waals surface area contributed by atoms with Crippen LogP contribution in [0, 0.1) is 11.7 Å². The van der Waals surface area contributed by atoms with Crippen molar-refractivity contribution in [2.45, 2.75) is 20.5 Å². The molecule has 0 atom stereocenters. The highest BCUT2D eigenvalue weighted by Crippen LogP contribution is 2.40. The molecule has 1 amide bonds. The van der Waals surface area contributed by atoms with Gasteiger partial charge < -0.3 is 9.64 Å². The molecule has 0 radical (unpaired) electrons. The summed E-state index contributed by atoms with van der Waals surface area (Å²) in [6.07, 6.45) is 1.92. The number of carbonyl (C=O) groups is 1. The van der Waals surface area contributed by atoms with Crippen molar-refractivity contribution in [1.82, 2.24) is 0 Å². The monoisotopic (exact) mass is 557 g/mol. The molecule has 1 aliphatic heterocycles. The van der Waals surface area contributed by atoms with Crippen LogP contribution in [-0.2, 0) is 11.4 Å². The van der Waals surface area contributed by atoms with E-state index in [4.69, 9.17) is 4.74 Å². The van der Waals surface area contributed by atoms with E-state index in [1.54, 1.807) is 12.1 Å². The maximum absolute atomic E-state index is 13.2. The fraction of sp³-hybridized carbons (Fsp3) is 0.192. The third-order valence-electron chi connectivity index (χ3n) is 5.14. The van der Waals surface area contributed by atoms with E-state index < -0.39 is 0 Å². The van der Waals surface area contributed by atoms with Gasteiger partial charge in [0.2, 0.25) is 0 Å². The van der Waals surface area contributed by atoms with E-state index in [2.05, 4.69) is 45.7 Å². The molecule has 0 fully saturated rings. The molecule has 32 heavy (non-hydrogen) atoms. The number of halogens is 3. The van der Waals surface area contributed by atoms with Crippen molar-refractivity contribution in [1.29, 1.82) is 0 Å². The zero-order chi connectivity index (χ0) is 22.8. The van der Waals surface area contributed by atoms with Crippen LogP contribution in [-0.4, -0.2) is 12.5 Å². The number of ether oxygens (including phenoxy) is 1. The van der Waals surface area contributed by atoms with Crippen molar-refractivity contribution in [2.24, 2.45) is 5.92 Å². The van der Waals surface area contributed by atoms with E-state index in [9.17, 15) is 9.18 Å². The fourth-order valence-corrected chi connectivity index (χ4v) is 5.15. The Morgan fingerprint density at radius 1 is 1.03 bits per heavy atom. The van der Waals surface area contributed by atoms with Gasteiger partial charge in [0, 0.05) is 17.7 Å². The van der Waals surface area contributed by atoms with E-state index in [0.29, 0.717) is 30.4 Å². The average molecular weight is 559 g/mol. The molecular weight excluding hydrogens is 537 g/mol. The predicted molar refractivity (Wildman–Crippen MR) is 134 cm³/mol. The van der Waals surface area contributed by atoms with Gasteiger partial charge in [0.15, 0.2) is 0 Å². The van der Waals surface area contributed by atoms with Crippen LogP contribution in [0.5, 0.6) is 5.75 Å². The maximum atomic E-state index is 13.2. The first kappa shape index (κ1) is 22.7. The first-order chi connectivity index (χ1) is 15.3. The van der Waals surface area contributed by atoms with E-state index in [0.717, 1.165) is 31.3 Å². The summed E-state index contributed by atoms with van der Waals surface area (Å²) >= 11 is 7.17. The van der Waals surface area contributed by atoms with Gasteiger partial charge in [0.1, 0.15) is 18.2 Å². The summed E-state index contributed by atoms with van der Waals surface area (Å²) in [4.78, 5) is 15.1. The third-order valence-corrected chi connectivity index (χ3v) is 6.31. The minimum atomic E-state index is -0.275. The Labute approximate surface area is 204 Å². The Bertz CT molecular complexity index is 1170. The maximum Gasteiger partial charge on any atom is 0.259 e. The Hall–Kier alpha value is -2.44. The van der Waals surface area contributed by atoms with Gasteiger partial charge in [-0.05, 0) is 85.3 Å². The molecule has 4 rings (SSSR count). The summed E-state index contributed by atoms with van der Waals surface area (Å²) in [6, 6.07) is 18.0. The second-order valence-electron chi connectivity index (χ2n) is 8.11. The predicted octanol–water partition coefficient (Wildman–Crippen LogP) is 7.47. The van der Waals surface area contributed by atoms with E-state index in [1.165, 1.54) is 12.1 Å². The summed E-state index contributed by atoms with van der Waals surface area (Å²) in [5, 5.41) is 0. The van der Waals surface area contributed by atoms with E-state index in [1.807, 2.05) is 47.4 Å². The summed E-state index contributed by atoms with van der Waals surface area (Å²) in [6.45, 7) is 5.21. The lowest BCUT2D eigenvalue weighted by Crippen LogP contribution is -2.30. The smallest absolute Gasteiger partial charge is 0.259 e. The number of hydrogen-bond donors (Lipinski definition) is 0. The second kappa shape index (κ2) is 9.59. The highest BCUT2D eigenvalue weighted by molar-refractivity contribution is 9.11. The lowest BCUT2D eigenvalue weighted by Gasteiger charge is -2.19. The molecular formula is C26H22Br2FNO2. The highest BCUT2D eigenvalue weighted by atomic mass is 79.9. The molecule has 0 saturated carbocycles. The number of rotatable bonds is 6. The number of benzene rings is 3. The van der Waals surface area contributed by atoms with Crippen LogP contribution in [0.3, 0.4) is 0 Å². The van der Waals surface area contributed by atoms with Crippen molar-refractivity contribution in [3.63, 3.8) is 0 Å². The molecule has 0 aromatic heterocycles. The lowest BCUT2D eigenvalue weighted by molar-refractivity contribution is -0.113. The number of para-hydroxylation sites is 1. The van der Waals surface area contributed by atoms with Crippen molar-refractivity contribution in [3.05, 3.63) is 92.1 Å². The number of nitrogens with zero attached hydrogens (tertiary/aromatic N) is 1. The molecule has 0 unspecified atom stereocenters. The summed E-state index contributed by atoms with van der Waals surface area (Å²) in [5.74, 6) is 0.760. The highest BCUT2D eigenvalue weighted by Gasteiger charge is 2.32. The molecule has 164 valence electrons. The molecule has 3 aromatic carbocycles. The molecule has 1 aliphatic rings. The standard InChI is InChI=1S/C26H22Br2FNO2/c1-16(2)14-30-24-6-4-3-5-20(24)21(26(30)31)11-18-12-22(27)25(23(28)13-18)32-15-17-7-9-19(29)10-8-17/h3-13,16H,14-15H2,1-2H3/b21-11-. The molecule has 1 heterocycles. The van der Waals surface area contributed by atoms with Crippen molar-refractivity contribution in [2.75, 3.05) is 11.4 Å². The van der Waals surface area contributed by atoms with Crippen LogP contribution in [0.1, 0.15) is 30.5 Å². The van der Waals surface area contributed by atoms with E-state index in [-0.39, 0.29) is 11.7 Å². The van der Waals surface area contributed by atoms with Crippen molar-refractivity contribution < 1.29 is 13.9 Å². The molecule has 6 heteroatoms. The van der Waals surface area contributed by atoms with Gasteiger partial charge in [-0.25, -0.2) is 4.39 Å². The lowest BCUT2D eigenvalue weighted by atomic mass is 10.0. The number of hydrogen-bond acceptors (Lipinski definition) is 2. The number of carbonyl (C=O) groups excluding carboxylic acids is 1. The van der Waals surface area contributed by atoms with Crippen molar-refractivity contribution in [3.8, 4) is 5.75 Å². The Morgan fingerprint density at radius 3 is 2.34 bits per heavy atom. The van der Waals surface area contributed by atoms with Gasteiger partial charge in [0.25, 0.3) is 5.91 Å². The molecule has 0 saturated heterocycles. The summed E-state index contributed by atoms with van der Waals surface area (Å²) < 4.78 is 20.6. The van der Waals surface area contributed by atoms with Crippen LogP contribution < -0.4 is 9.64 Å². The molecule has 3 aromatic rings. The van der Waals surface area contributed by atoms with Gasteiger partial charge in [-0.15, -0.1) is 0 Å². The van der Waals surface area contributed by atoms with Gasteiger partial charge in [-0.2, -0.15) is 0 Å². The van der Waals surface area contributed by atoms with E-state index >= 15 is 0 Å². The number of anilines is 1. The molecule has 3 nitrogen and oxygen atoms in total. The normalized spacial score (nSPS) is 14.4. The van der Waals surface area contributed by atoms with Crippen LogP contribution in [0.15, 0.2) is 69.6 Å². The zero-order valence-corrected chi connectivity index (χ0v) is 20.9. The van der Waals surface area contributed by atoms with Crippen molar-refractivity contribution >= 4 is 55.1 Å². The quantitative estimate of drug-likeness (QED) is 0.294. The Morgan fingerprint density at radius 2 is 1.69 bits per heavy atom. The SMILES string of the molecule is CC(C)CN1C(=O)/C(=C\c2cc(Br)c(OCc3ccc(F)cc3)c(Br)c2)c2ccccc21.